The average molecular weight is 400 g/mol. The monoisotopic (exact) mass is 399 g/mol. The van der Waals surface area contributed by atoms with Gasteiger partial charge >= 0.3 is 6.18 Å². The zero-order valence-corrected chi connectivity index (χ0v) is 18.2. The Bertz CT molecular complexity index is 637. The van der Waals surface area contributed by atoms with E-state index in [2.05, 4.69) is 39.9 Å². The Balaban J connectivity index is 3.02. The number of rotatable bonds is 10. The van der Waals surface area contributed by atoms with Crippen molar-refractivity contribution < 1.29 is 18.0 Å². The van der Waals surface area contributed by atoms with Crippen molar-refractivity contribution in [2.45, 2.75) is 86.4 Å². The summed E-state index contributed by atoms with van der Waals surface area (Å²) in [5, 5.41) is 2.95. The van der Waals surface area contributed by atoms with E-state index in [1.165, 1.54) is 0 Å². The van der Waals surface area contributed by atoms with Gasteiger partial charge in [-0.15, -0.1) is 0 Å². The zero-order chi connectivity index (χ0) is 21.5. The van der Waals surface area contributed by atoms with Gasteiger partial charge in [-0.1, -0.05) is 52.7 Å². The molecule has 1 aromatic carbocycles. The second-order valence-corrected chi connectivity index (χ2v) is 8.95. The molecule has 0 aliphatic heterocycles. The van der Waals surface area contributed by atoms with Gasteiger partial charge in [0.25, 0.3) is 0 Å². The predicted molar refractivity (Wildman–Crippen MR) is 109 cm³/mol. The lowest BCUT2D eigenvalue weighted by atomic mass is 9.71. The van der Waals surface area contributed by atoms with Crippen LogP contribution in [0.3, 0.4) is 0 Å². The van der Waals surface area contributed by atoms with E-state index in [-0.39, 0.29) is 12.5 Å². The van der Waals surface area contributed by atoms with Gasteiger partial charge in [0.2, 0.25) is 5.91 Å². The van der Waals surface area contributed by atoms with Crippen LogP contribution in [0.25, 0.3) is 0 Å². The zero-order valence-electron chi connectivity index (χ0n) is 18.2. The van der Waals surface area contributed by atoms with Gasteiger partial charge in [-0.3, -0.25) is 4.79 Å². The molecule has 0 aliphatic carbocycles. The predicted octanol–water partition coefficient (Wildman–Crippen LogP) is 6.90. The second kappa shape index (κ2) is 10.3. The van der Waals surface area contributed by atoms with Gasteiger partial charge < -0.3 is 5.32 Å². The van der Waals surface area contributed by atoms with Crippen LogP contribution < -0.4 is 5.32 Å². The van der Waals surface area contributed by atoms with E-state index in [1.54, 1.807) is 13.0 Å². The molecule has 160 valence electrons. The fourth-order valence-electron chi connectivity index (χ4n) is 3.97. The summed E-state index contributed by atoms with van der Waals surface area (Å²) in [4.78, 5) is 13.2. The first-order chi connectivity index (χ1) is 12.9. The summed E-state index contributed by atoms with van der Waals surface area (Å²) in [6.45, 7) is 12.4. The number of hydrogen-bond donors (Lipinski definition) is 1. The molecule has 0 fully saturated rings. The molecule has 0 saturated carbocycles. The first kappa shape index (κ1) is 24.5. The maximum atomic E-state index is 13.2. The van der Waals surface area contributed by atoms with Crippen LogP contribution in [-0.2, 0) is 17.5 Å². The maximum absolute atomic E-state index is 13.2. The fourth-order valence-corrected chi connectivity index (χ4v) is 3.97. The summed E-state index contributed by atoms with van der Waals surface area (Å²) < 4.78 is 39.2. The van der Waals surface area contributed by atoms with E-state index in [4.69, 9.17) is 0 Å². The minimum atomic E-state index is -4.38. The van der Waals surface area contributed by atoms with Crippen LogP contribution in [0.5, 0.6) is 0 Å². The normalized spacial score (nSPS) is 14.4. The molecule has 0 heterocycles. The summed E-state index contributed by atoms with van der Waals surface area (Å²) in [6, 6.07) is 3.97. The Morgan fingerprint density at radius 1 is 1.04 bits per heavy atom. The van der Waals surface area contributed by atoms with Crippen LogP contribution in [0.15, 0.2) is 18.2 Å². The smallest absolute Gasteiger partial charge is 0.352 e. The van der Waals surface area contributed by atoms with Gasteiger partial charge in [0.05, 0.1) is 5.56 Å². The summed E-state index contributed by atoms with van der Waals surface area (Å²) in [5.41, 5.74) is -0.0944. The van der Waals surface area contributed by atoms with Crippen molar-refractivity contribution in [2.24, 2.45) is 17.3 Å². The third-order valence-corrected chi connectivity index (χ3v) is 5.13. The standard InChI is InChI=1S/C23H36F3NO/c1-7-9-22(14-17(4)5,10-8-16(2)3)21(28)27-15-19-11-18(6)12-20(13-19)23(24,25)26/h11-13,16-17H,7-10,14-15H2,1-6H3,(H,27,28). The quantitative estimate of drug-likeness (QED) is 0.455. The number of carbonyl (C=O) groups is 1. The Labute approximate surface area is 168 Å². The first-order valence-electron chi connectivity index (χ1n) is 10.4. The van der Waals surface area contributed by atoms with E-state index in [1.807, 2.05) is 0 Å². The van der Waals surface area contributed by atoms with Gasteiger partial charge in [0.1, 0.15) is 0 Å². The van der Waals surface area contributed by atoms with Crippen molar-refractivity contribution in [3.05, 3.63) is 34.9 Å². The highest BCUT2D eigenvalue weighted by Crippen LogP contribution is 2.38. The van der Waals surface area contributed by atoms with Crippen LogP contribution in [0, 0.1) is 24.2 Å². The van der Waals surface area contributed by atoms with Crippen molar-refractivity contribution in [1.82, 2.24) is 5.32 Å². The average Bonchev–Trinajstić information content (AvgIpc) is 2.56. The number of carbonyl (C=O) groups excluding carboxylic acids is 1. The number of alkyl halides is 3. The van der Waals surface area contributed by atoms with Crippen molar-refractivity contribution in [3.8, 4) is 0 Å². The number of nitrogens with one attached hydrogen (secondary N) is 1. The highest BCUT2D eigenvalue weighted by atomic mass is 19.4. The number of benzene rings is 1. The number of hydrogen-bond acceptors (Lipinski definition) is 1. The van der Waals surface area contributed by atoms with E-state index in [0.717, 1.165) is 44.2 Å². The minimum Gasteiger partial charge on any atom is -0.352 e. The SMILES string of the molecule is CCCC(CCC(C)C)(CC(C)C)C(=O)NCc1cc(C)cc(C(F)(F)F)c1. The number of aryl methyl sites for hydroxylation is 1. The summed E-state index contributed by atoms with van der Waals surface area (Å²) >= 11 is 0. The lowest BCUT2D eigenvalue weighted by Crippen LogP contribution is -2.42. The summed E-state index contributed by atoms with van der Waals surface area (Å²) in [7, 11) is 0. The Morgan fingerprint density at radius 2 is 1.68 bits per heavy atom. The van der Waals surface area contributed by atoms with Crippen molar-refractivity contribution in [2.75, 3.05) is 0 Å². The second-order valence-electron chi connectivity index (χ2n) is 8.95. The topological polar surface area (TPSA) is 29.1 Å². The van der Waals surface area contributed by atoms with Crippen molar-refractivity contribution in [3.63, 3.8) is 0 Å². The molecule has 0 saturated heterocycles. The van der Waals surface area contributed by atoms with Gasteiger partial charge in [-0.2, -0.15) is 13.2 Å². The van der Waals surface area contributed by atoms with Crippen LogP contribution >= 0.6 is 0 Å². The van der Waals surface area contributed by atoms with Crippen LogP contribution in [0.1, 0.15) is 83.4 Å². The Kier molecular flexibility index (Phi) is 9.03. The van der Waals surface area contributed by atoms with E-state index >= 15 is 0 Å². The summed E-state index contributed by atoms with van der Waals surface area (Å²) in [5.74, 6) is 0.848. The van der Waals surface area contributed by atoms with Gasteiger partial charge in [0, 0.05) is 12.0 Å². The molecule has 0 aromatic heterocycles. The highest BCUT2D eigenvalue weighted by Gasteiger charge is 2.37. The number of amides is 1. The molecule has 28 heavy (non-hydrogen) atoms. The molecule has 1 N–H and O–H groups in total. The molecule has 0 aliphatic rings. The molecule has 0 bridgehead atoms. The fraction of sp³-hybridized carbons (Fsp3) is 0.696. The van der Waals surface area contributed by atoms with Gasteiger partial charge in [-0.25, -0.2) is 0 Å². The third-order valence-electron chi connectivity index (χ3n) is 5.13. The molecule has 5 heteroatoms. The molecule has 1 aromatic rings. The van der Waals surface area contributed by atoms with Crippen molar-refractivity contribution in [1.29, 1.82) is 0 Å². The lowest BCUT2D eigenvalue weighted by Gasteiger charge is -2.35. The molecule has 1 atom stereocenters. The largest absolute Gasteiger partial charge is 0.416 e. The Hall–Kier alpha value is -1.52. The lowest BCUT2D eigenvalue weighted by molar-refractivity contribution is -0.137. The molecule has 1 rings (SSSR count). The van der Waals surface area contributed by atoms with Gasteiger partial charge in [0.15, 0.2) is 0 Å². The minimum absolute atomic E-state index is 0.0289. The molecule has 0 radical (unpaired) electrons. The van der Waals surface area contributed by atoms with E-state index in [0.29, 0.717) is 23.0 Å². The van der Waals surface area contributed by atoms with Crippen LogP contribution in [0.4, 0.5) is 13.2 Å². The number of halogens is 3. The maximum Gasteiger partial charge on any atom is 0.416 e. The van der Waals surface area contributed by atoms with Crippen LogP contribution in [0.2, 0.25) is 0 Å². The molecular formula is C23H36F3NO. The Morgan fingerprint density at radius 3 is 2.18 bits per heavy atom. The molecule has 1 unspecified atom stereocenters. The molecule has 2 nitrogen and oxygen atoms in total. The van der Waals surface area contributed by atoms with Gasteiger partial charge in [-0.05, 0) is 62.1 Å². The molecule has 1 amide bonds. The molecular weight excluding hydrogens is 363 g/mol. The van der Waals surface area contributed by atoms with E-state index in [9.17, 15) is 18.0 Å². The molecule has 0 spiro atoms. The van der Waals surface area contributed by atoms with Crippen molar-refractivity contribution >= 4 is 5.91 Å². The highest BCUT2D eigenvalue weighted by molar-refractivity contribution is 5.82. The van der Waals surface area contributed by atoms with E-state index < -0.39 is 17.2 Å². The first-order valence-corrected chi connectivity index (χ1v) is 10.4. The third kappa shape index (κ3) is 7.48. The summed E-state index contributed by atoms with van der Waals surface area (Å²) in [6.07, 6.45) is -0.119. The van der Waals surface area contributed by atoms with Crippen LogP contribution in [-0.4, -0.2) is 5.91 Å².